The number of benzene rings is 1. The van der Waals surface area contributed by atoms with Gasteiger partial charge in [-0.25, -0.2) is 0 Å². The minimum atomic E-state index is -0.783. The second-order valence-corrected chi connectivity index (χ2v) is 5.50. The first-order chi connectivity index (χ1) is 11.0. The van der Waals surface area contributed by atoms with E-state index in [0.717, 1.165) is 5.56 Å². The van der Waals surface area contributed by atoms with Gasteiger partial charge in [-0.2, -0.15) is 0 Å². The SMILES string of the molecule is COc1ccc(OC)c([C@H](OC)[C@@H](C)C[C@@H](O)[C@@H](CO)OC)c1. The van der Waals surface area contributed by atoms with Gasteiger partial charge in [-0.3, -0.25) is 0 Å². The van der Waals surface area contributed by atoms with Crippen LogP contribution in [0.15, 0.2) is 18.2 Å². The van der Waals surface area contributed by atoms with Crippen molar-refractivity contribution in [2.75, 3.05) is 35.0 Å². The molecule has 4 atom stereocenters. The van der Waals surface area contributed by atoms with Crippen molar-refractivity contribution in [3.8, 4) is 11.5 Å². The minimum absolute atomic E-state index is 0.0276. The summed E-state index contributed by atoms with van der Waals surface area (Å²) in [5.74, 6) is 1.38. The molecule has 0 amide bonds. The summed E-state index contributed by atoms with van der Waals surface area (Å²) in [6.07, 6.45) is -1.26. The van der Waals surface area contributed by atoms with E-state index in [0.29, 0.717) is 17.9 Å². The maximum atomic E-state index is 10.2. The Morgan fingerprint density at radius 2 is 1.74 bits per heavy atom. The third kappa shape index (κ3) is 5.07. The Labute approximate surface area is 137 Å². The number of ether oxygens (including phenoxy) is 4. The fourth-order valence-electron chi connectivity index (χ4n) is 2.74. The number of aliphatic hydroxyl groups excluding tert-OH is 2. The van der Waals surface area contributed by atoms with E-state index in [9.17, 15) is 10.2 Å². The molecule has 0 saturated carbocycles. The van der Waals surface area contributed by atoms with Crippen LogP contribution in [0.1, 0.15) is 25.0 Å². The van der Waals surface area contributed by atoms with E-state index in [1.807, 2.05) is 25.1 Å². The van der Waals surface area contributed by atoms with Crippen molar-refractivity contribution in [2.45, 2.75) is 31.7 Å². The van der Waals surface area contributed by atoms with Crippen LogP contribution in [0, 0.1) is 5.92 Å². The molecule has 0 spiro atoms. The Morgan fingerprint density at radius 1 is 1.04 bits per heavy atom. The lowest BCUT2D eigenvalue weighted by molar-refractivity contribution is -0.0598. The van der Waals surface area contributed by atoms with Gasteiger partial charge in [-0.1, -0.05) is 6.92 Å². The van der Waals surface area contributed by atoms with Gasteiger partial charge in [0, 0.05) is 19.8 Å². The lowest BCUT2D eigenvalue weighted by atomic mass is 9.90. The van der Waals surface area contributed by atoms with Crippen LogP contribution < -0.4 is 9.47 Å². The highest BCUT2D eigenvalue weighted by Gasteiger charge is 2.28. The Kier molecular flexibility index (Phi) is 8.33. The summed E-state index contributed by atoms with van der Waals surface area (Å²) in [7, 11) is 6.29. The first-order valence-corrected chi connectivity index (χ1v) is 7.58. The number of hydrogen-bond donors (Lipinski definition) is 2. The van der Waals surface area contributed by atoms with E-state index >= 15 is 0 Å². The molecule has 0 unspecified atom stereocenters. The third-order valence-corrected chi connectivity index (χ3v) is 4.04. The molecule has 0 aliphatic carbocycles. The first kappa shape index (κ1) is 19.7. The van der Waals surface area contributed by atoms with Gasteiger partial charge >= 0.3 is 0 Å². The molecule has 0 aliphatic rings. The van der Waals surface area contributed by atoms with E-state index < -0.39 is 12.2 Å². The van der Waals surface area contributed by atoms with Crippen molar-refractivity contribution < 1.29 is 29.2 Å². The highest BCUT2D eigenvalue weighted by Crippen LogP contribution is 2.37. The van der Waals surface area contributed by atoms with Crippen molar-refractivity contribution in [2.24, 2.45) is 5.92 Å². The molecule has 132 valence electrons. The number of rotatable bonds is 10. The molecule has 0 heterocycles. The fourth-order valence-corrected chi connectivity index (χ4v) is 2.74. The second kappa shape index (κ2) is 9.72. The van der Waals surface area contributed by atoms with Crippen molar-refractivity contribution in [1.29, 1.82) is 0 Å². The lowest BCUT2D eigenvalue weighted by Crippen LogP contribution is -2.34. The van der Waals surface area contributed by atoms with E-state index in [1.165, 1.54) is 7.11 Å². The predicted molar refractivity (Wildman–Crippen MR) is 87.0 cm³/mol. The highest BCUT2D eigenvalue weighted by molar-refractivity contribution is 5.42. The monoisotopic (exact) mass is 328 g/mol. The molecule has 0 bridgehead atoms. The molecule has 1 aromatic carbocycles. The smallest absolute Gasteiger partial charge is 0.124 e. The molecular formula is C17H28O6. The zero-order valence-corrected chi connectivity index (χ0v) is 14.5. The fraction of sp³-hybridized carbons (Fsp3) is 0.647. The molecule has 0 aliphatic heterocycles. The molecule has 0 radical (unpaired) electrons. The summed E-state index contributed by atoms with van der Waals surface area (Å²) in [4.78, 5) is 0. The summed E-state index contributed by atoms with van der Waals surface area (Å²) < 4.78 is 21.4. The topological polar surface area (TPSA) is 77.4 Å². The quantitative estimate of drug-likeness (QED) is 0.682. The number of hydrogen-bond acceptors (Lipinski definition) is 6. The summed E-state index contributed by atoms with van der Waals surface area (Å²) in [5, 5.41) is 19.4. The van der Waals surface area contributed by atoms with Gasteiger partial charge in [0.15, 0.2) is 0 Å². The average molecular weight is 328 g/mol. The van der Waals surface area contributed by atoms with E-state index in [2.05, 4.69) is 0 Å². The van der Waals surface area contributed by atoms with Crippen LogP contribution in [0.4, 0.5) is 0 Å². The van der Waals surface area contributed by atoms with Gasteiger partial charge < -0.3 is 29.2 Å². The van der Waals surface area contributed by atoms with E-state index in [1.54, 1.807) is 21.3 Å². The van der Waals surface area contributed by atoms with Gasteiger partial charge in [0.1, 0.15) is 17.6 Å². The number of aliphatic hydroxyl groups is 2. The molecule has 6 heteroatoms. The standard InChI is InChI=1S/C17H28O6/c1-11(8-14(19)16(10-18)22-4)17(23-5)13-9-12(20-2)6-7-15(13)21-3/h6-7,9,11,14,16-19H,8,10H2,1-5H3/t11-,14+,16+,17+/m0/s1. The Balaban J connectivity index is 2.98. The average Bonchev–Trinajstić information content (AvgIpc) is 2.56. The van der Waals surface area contributed by atoms with Crippen molar-refractivity contribution in [1.82, 2.24) is 0 Å². The normalized spacial score (nSPS) is 16.5. The molecule has 0 saturated heterocycles. The van der Waals surface area contributed by atoms with Gasteiger partial charge in [0.25, 0.3) is 0 Å². The van der Waals surface area contributed by atoms with Crippen LogP contribution in [0.2, 0.25) is 0 Å². The van der Waals surface area contributed by atoms with Crippen LogP contribution >= 0.6 is 0 Å². The third-order valence-electron chi connectivity index (χ3n) is 4.04. The molecule has 6 nitrogen and oxygen atoms in total. The van der Waals surface area contributed by atoms with Crippen LogP contribution in [0.3, 0.4) is 0 Å². The van der Waals surface area contributed by atoms with Crippen molar-refractivity contribution in [3.63, 3.8) is 0 Å². The minimum Gasteiger partial charge on any atom is -0.497 e. The summed E-state index contributed by atoms with van der Waals surface area (Å²) in [6.45, 7) is 1.74. The summed E-state index contributed by atoms with van der Waals surface area (Å²) in [5.41, 5.74) is 0.854. The van der Waals surface area contributed by atoms with E-state index in [-0.39, 0.29) is 18.6 Å². The highest BCUT2D eigenvalue weighted by atomic mass is 16.5. The Morgan fingerprint density at radius 3 is 2.22 bits per heavy atom. The van der Waals surface area contributed by atoms with Crippen LogP contribution in [0.25, 0.3) is 0 Å². The van der Waals surface area contributed by atoms with Gasteiger partial charge in [0.05, 0.1) is 33.0 Å². The Bertz CT molecular complexity index is 460. The second-order valence-electron chi connectivity index (χ2n) is 5.50. The molecular weight excluding hydrogens is 300 g/mol. The van der Waals surface area contributed by atoms with Crippen molar-refractivity contribution in [3.05, 3.63) is 23.8 Å². The van der Waals surface area contributed by atoms with Gasteiger partial charge in [-0.15, -0.1) is 0 Å². The molecule has 0 aromatic heterocycles. The predicted octanol–water partition coefficient (Wildman–Crippen LogP) is 1.79. The molecule has 23 heavy (non-hydrogen) atoms. The van der Waals surface area contributed by atoms with Crippen LogP contribution in [-0.2, 0) is 9.47 Å². The summed E-state index contributed by atoms with van der Waals surface area (Å²) >= 11 is 0. The lowest BCUT2D eigenvalue weighted by Gasteiger charge is -2.28. The number of methoxy groups -OCH3 is 4. The van der Waals surface area contributed by atoms with Crippen LogP contribution in [0.5, 0.6) is 11.5 Å². The van der Waals surface area contributed by atoms with Crippen LogP contribution in [-0.4, -0.2) is 57.5 Å². The zero-order chi connectivity index (χ0) is 17.4. The van der Waals surface area contributed by atoms with Gasteiger partial charge in [0.2, 0.25) is 0 Å². The molecule has 1 aromatic rings. The zero-order valence-electron chi connectivity index (χ0n) is 14.5. The van der Waals surface area contributed by atoms with Crippen molar-refractivity contribution >= 4 is 0 Å². The molecule has 0 fully saturated rings. The maximum absolute atomic E-state index is 10.2. The Hall–Kier alpha value is -1.34. The molecule has 1 rings (SSSR count). The summed E-state index contributed by atoms with van der Waals surface area (Å²) in [6, 6.07) is 5.52. The largest absolute Gasteiger partial charge is 0.497 e. The maximum Gasteiger partial charge on any atom is 0.124 e. The van der Waals surface area contributed by atoms with Gasteiger partial charge in [-0.05, 0) is 30.5 Å². The molecule has 2 N–H and O–H groups in total. The first-order valence-electron chi connectivity index (χ1n) is 7.58. The van der Waals surface area contributed by atoms with E-state index in [4.69, 9.17) is 18.9 Å².